The van der Waals surface area contributed by atoms with Gasteiger partial charge in [-0.2, -0.15) is 0 Å². The van der Waals surface area contributed by atoms with E-state index in [1.807, 2.05) is 37.3 Å². The minimum atomic E-state index is -0.427. The first kappa shape index (κ1) is 18.9. The molecular formula is C19H16N2O4S2. The molecule has 0 aliphatic heterocycles. The third kappa shape index (κ3) is 4.47. The van der Waals surface area contributed by atoms with Gasteiger partial charge < -0.3 is 9.15 Å². The average molecular weight is 400 g/mol. The highest BCUT2D eigenvalue weighted by Gasteiger charge is 2.14. The maximum absolute atomic E-state index is 12.5. The van der Waals surface area contributed by atoms with Crippen LogP contribution in [0.5, 0.6) is 5.75 Å². The summed E-state index contributed by atoms with van der Waals surface area (Å²) in [5.74, 6) is -0.0235. The summed E-state index contributed by atoms with van der Waals surface area (Å²) in [6.07, 6.45) is 0. The van der Waals surface area contributed by atoms with Gasteiger partial charge in [0.1, 0.15) is 15.7 Å². The monoisotopic (exact) mass is 400 g/mol. The summed E-state index contributed by atoms with van der Waals surface area (Å²) in [5, 5.41) is 0.798. The lowest BCUT2D eigenvalue weighted by Gasteiger charge is -2.10. The van der Waals surface area contributed by atoms with E-state index < -0.39 is 11.5 Å². The molecule has 2 aromatic carbocycles. The zero-order valence-corrected chi connectivity index (χ0v) is 16.0. The van der Waals surface area contributed by atoms with Crippen LogP contribution in [0.2, 0.25) is 0 Å². The second kappa shape index (κ2) is 8.24. The molecule has 0 spiro atoms. The van der Waals surface area contributed by atoms with Gasteiger partial charge >= 0.3 is 5.63 Å². The predicted molar refractivity (Wildman–Crippen MR) is 111 cm³/mol. The summed E-state index contributed by atoms with van der Waals surface area (Å²) in [6, 6.07) is 14.5. The van der Waals surface area contributed by atoms with E-state index in [9.17, 15) is 9.59 Å². The number of amides is 1. The number of aryl methyl sites for hydroxylation is 1. The molecule has 3 rings (SSSR count). The fourth-order valence-electron chi connectivity index (χ4n) is 2.67. The Bertz CT molecular complexity index is 1060. The third-order valence-corrected chi connectivity index (χ3v) is 4.09. The lowest BCUT2D eigenvalue weighted by Crippen LogP contribution is -2.41. The van der Waals surface area contributed by atoms with Crippen molar-refractivity contribution in [3.8, 4) is 16.9 Å². The molecule has 27 heavy (non-hydrogen) atoms. The van der Waals surface area contributed by atoms with Crippen LogP contribution < -0.4 is 21.2 Å². The number of thiocarbonyl (C=S) groups is 1. The first-order valence-corrected chi connectivity index (χ1v) is 8.84. The van der Waals surface area contributed by atoms with Crippen LogP contribution in [0.3, 0.4) is 0 Å². The summed E-state index contributed by atoms with van der Waals surface area (Å²) in [7, 11) is 0. The van der Waals surface area contributed by atoms with Gasteiger partial charge in [0.25, 0.3) is 5.91 Å². The number of fused-ring (bicyclic) bond motifs is 1. The van der Waals surface area contributed by atoms with E-state index in [2.05, 4.69) is 35.7 Å². The summed E-state index contributed by atoms with van der Waals surface area (Å²) in [4.78, 5) is 24.1. The van der Waals surface area contributed by atoms with E-state index in [4.69, 9.17) is 9.15 Å². The molecule has 3 aromatic rings. The first-order valence-electron chi connectivity index (χ1n) is 7.99. The highest BCUT2D eigenvalue weighted by molar-refractivity contribution is 8.11. The van der Waals surface area contributed by atoms with Gasteiger partial charge in [-0.25, -0.2) is 4.79 Å². The zero-order chi connectivity index (χ0) is 19.4. The molecule has 0 unspecified atom stereocenters. The van der Waals surface area contributed by atoms with Crippen molar-refractivity contribution in [2.45, 2.75) is 6.92 Å². The first-order chi connectivity index (χ1) is 13.0. The lowest BCUT2D eigenvalue weighted by molar-refractivity contribution is -0.123. The van der Waals surface area contributed by atoms with Crippen LogP contribution in [-0.4, -0.2) is 16.8 Å². The number of ether oxygens (including phenoxy) is 1. The lowest BCUT2D eigenvalue weighted by atomic mass is 10.00. The molecule has 1 amide bonds. The number of rotatable bonds is 4. The number of benzene rings is 2. The zero-order valence-electron chi connectivity index (χ0n) is 14.3. The van der Waals surface area contributed by atoms with E-state index in [-0.39, 0.29) is 10.9 Å². The molecule has 0 bridgehead atoms. The van der Waals surface area contributed by atoms with Gasteiger partial charge in [0.15, 0.2) is 6.61 Å². The van der Waals surface area contributed by atoms with Crippen LogP contribution in [0.1, 0.15) is 5.56 Å². The van der Waals surface area contributed by atoms with Gasteiger partial charge in [-0.3, -0.25) is 15.6 Å². The fraction of sp³-hybridized carbons (Fsp3) is 0.105. The summed E-state index contributed by atoms with van der Waals surface area (Å²) in [5.41, 5.74) is 6.86. The smallest absolute Gasteiger partial charge is 0.344 e. The van der Waals surface area contributed by atoms with E-state index in [0.717, 1.165) is 16.5 Å². The molecule has 0 aliphatic carbocycles. The normalized spacial score (nSPS) is 10.4. The quantitative estimate of drug-likeness (QED) is 0.270. The van der Waals surface area contributed by atoms with Crippen molar-refractivity contribution in [2.24, 2.45) is 0 Å². The number of hydrogen-bond acceptors (Lipinski definition) is 5. The number of carbonyl (C=O) groups is 1. The molecule has 1 aromatic heterocycles. The predicted octanol–water partition coefficient (Wildman–Crippen LogP) is 2.98. The van der Waals surface area contributed by atoms with Gasteiger partial charge in [-0.05, 0) is 30.2 Å². The van der Waals surface area contributed by atoms with Crippen LogP contribution in [0.4, 0.5) is 0 Å². The SMILES string of the molecule is Cc1c(-c2ccccc2)c(=O)oc2cc(OCC(=O)NNC(=S)S)ccc12. The summed E-state index contributed by atoms with van der Waals surface area (Å²) < 4.78 is 11.0. The summed E-state index contributed by atoms with van der Waals surface area (Å²) in [6.45, 7) is 1.64. The van der Waals surface area contributed by atoms with Crippen molar-refractivity contribution in [2.75, 3.05) is 6.61 Å². The van der Waals surface area contributed by atoms with Crippen molar-refractivity contribution < 1.29 is 13.9 Å². The Morgan fingerprint density at radius 3 is 2.63 bits per heavy atom. The molecule has 0 aliphatic rings. The maximum Gasteiger partial charge on any atom is 0.344 e. The second-order valence-electron chi connectivity index (χ2n) is 5.68. The van der Waals surface area contributed by atoms with E-state index in [0.29, 0.717) is 16.9 Å². The largest absolute Gasteiger partial charge is 0.484 e. The molecule has 0 saturated heterocycles. The maximum atomic E-state index is 12.5. The van der Waals surface area contributed by atoms with Crippen molar-refractivity contribution in [3.63, 3.8) is 0 Å². The standard InChI is InChI=1S/C19H16N2O4S2/c1-11-14-8-7-13(24-10-16(22)20-21-19(26)27)9-15(14)25-18(23)17(11)12-5-3-2-4-6-12/h2-9H,10H2,1H3,(H,20,22)(H2,21,26,27). The second-order valence-corrected chi connectivity index (χ2v) is 6.84. The topological polar surface area (TPSA) is 80.6 Å². The van der Waals surface area contributed by atoms with Gasteiger partial charge in [-0.1, -0.05) is 42.5 Å². The van der Waals surface area contributed by atoms with Crippen LogP contribution >= 0.6 is 24.8 Å². The number of hydrogen-bond donors (Lipinski definition) is 3. The Labute approximate surface area is 165 Å². The Hall–Kier alpha value is -2.84. The third-order valence-electron chi connectivity index (χ3n) is 3.88. The minimum absolute atomic E-state index is 0.139. The van der Waals surface area contributed by atoms with Crippen molar-refractivity contribution >= 4 is 46.0 Å². The molecule has 6 nitrogen and oxygen atoms in total. The Balaban J connectivity index is 1.86. The molecule has 2 N–H and O–H groups in total. The van der Waals surface area contributed by atoms with Gasteiger partial charge in [0.2, 0.25) is 0 Å². The molecule has 0 atom stereocenters. The molecule has 0 saturated carbocycles. The van der Waals surface area contributed by atoms with E-state index in [1.54, 1.807) is 18.2 Å². The van der Waals surface area contributed by atoms with Crippen molar-refractivity contribution in [3.05, 3.63) is 64.5 Å². The van der Waals surface area contributed by atoms with Crippen LogP contribution in [0, 0.1) is 6.92 Å². The number of nitrogens with one attached hydrogen (secondary N) is 2. The fourth-order valence-corrected chi connectivity index (χ4v) is 2.78. The van der Waals surface area contributed by atoms with Crippen LogP contribution in [-0.2, 0) is 4.79 Å². The van der Waals surface area contributed by atoms with Crippen molar-refractivity contribution in [1.29, 1.82) is 0 Å². The molecular weight excluding hydrogens is 384 g/mol. The van der Waals surface area contributed by atoms with Crippen molar-refractivity contribution in [1.82, 2.24) is 10.9 Å². The molecule has 1 heterocycles. The molecule has 138 valence electrons. The number of hydrazine groups is 1. The number of carbonyl (C=O) groups excluding carboxylic acids is 1. The molecule has 0 fully saturated rings. The Morgan fingerprint density at radius 1 is 1.19 bits per heavy atom. The van der Waals surface area contributed by atoms with E-state index in [1.165, 1.54) is 0 Å². The van der Waals surface area contributed by atoms with Gasteiger partial charge in [0.05, 0.1) is 5.56 Å². The Morgan fingerprint density at radius 2 is 1.93 bits per heavy atom. The van der Waals surface area contributed by atoms with Crippen LogP contribution in [0.25, 0.3) is 22.1 Å². The summed E-state index contributed by atoms with van der Waals surface area (Å²) >= 11 is 8.50. The molecule has 8 heteroatoms. The van der Waals surface area contributed by atoms with Crippen LogP contribution in [0.15, 0.2) is 57.7 Å². The van der Waals surface area contributed by atoms with Gasteiger partial charge in [-0.15, -0.1) is 12.6 Å². The highest BCUT2D eigenvalue weighted by Crippen LogP contribution is 2.28. The molecule has 0 radical (unpaired) electrons. The van der Waals surface area contributed by atoms with E-state index >= 15 is 0 Å². The average Bonchev–Trinajstić information content (AvgIpc) is 2.65. The highest BCUT2D eigenvalue weighted by atomic mass is 32.1. The minimum Gasteiger partial charge on any atom is -0.484 e. The Kier molecular flexibility index (Phi) is 5.78. The van der Waals surface area contributed by atoms with Gasteiger partial charge in [0, 0.05) is 11.5 Å². The number of thiol groups is 1.